The van der Waals surface area contributed by atoms with E-state index in [-0.39, 0.29) is 24.8 Å². The lowest BCUT2D eigenvalue weighted by molar-refractivity contribution is -0.141. The van der Waals surface area contributed by atoms with E-state index < -0.39 is 12.0 Å². The van der Waals surface area contributed by atoms with Crippen molar-refractivity contribution < 1.29 is 13.9 Å². The van der Waals surface area contributed by atoms with E-state index in [1.165, 1.54) is 11.3 Å². The highest BCUT2D eigenvalue weighted by Gasteiger charge is 2.48. The maximum absolute atomic E-state index is 13.1. The van der Waals surface area contributed by atoms with Gasteiger partial charge in [-0.1, -0.05) is 0 Å². The molecule has 0 aromatic carbocycles. The maximum atomic E-state index is 13.1. The number of halogens is 2. The first kappa shape index (κ1) is 18.6. The highest BCUT2D eigenvalue weighted by molar-refractivity contribution is 7.18. The van der Waals surface area contributed by atoms with E-state index in [1.54, 1.807) is 12.4 Å². The van der Waals surface area contributed by atoms with E-state index in [9.17, 15) is 13.9 Å². The van der Waals surface area contributed by atoms with Gasteiger partial charge < -0.3 is 5.11 Å². The van der Waals surface area contributed by atoms with Gasteiger partial charge >= 0.3 is 0 Å². The molecule has 0 amide bonds. The largest absolute Gasteiger partial charge is 0.387 e. The summed E-state index contributed by atoms with van der Waals surface area (Å²) in [7, 11) is 0. The zero-order valence-electron chi connectivity index (χ0n) is 16.0. The minimum absolute atomic E-state index is 0.229. The van der Waals surface area contributed by atoms with Crippen LogP contribution in [0.25, 0.3) is 32.5 Å². The molecule has 0 unspecified atom stereocenters. The molecular formula is C21H20F2N4OS. The second kappa shape index (κ2) is 6.53. The molecule has 1 N–H and O–H groups in total. The smallest absolute Gasteiger partial charge is 0.248 e. The fraction of sp³-hybridized carbons (Fsp3) is 0.381. The summed E-state index contributed by atoms with van der Waals surface area (Å²) in [6, 6.07) is 7.96. The molecule has 0 bridgehead atoms. The Morgan fingerprint density at radius 3 is 2.69 bits per heavy atom. The third-order valence-electron chi connectivity index (χ3n) is 5.48. The van der Waals surface area contributed by atoms with E-state index in [1.807, 2.05) is 28.9 Å². The average molecular weight is 414 g/mol. The van der Waals surface area contributed by atoms with Gasteiger partial charge in [0.25, 0.3) is 0 Å². The van der Waals surface area contributed by atoms with Crippen molar-refractivity contribution in [3.8, 4) is 11.3 Å². The van der Waals surface area contributed by atoms with Gasteiger partial charge in [0.1, 0.15) is 4.83 Å². The van der Waals surface area contributed by atoms with Crippen LogP contribution >= 0.6 is 11.3 Å². The Hall–Kier alpha value is -2.45. The molecule has 4 heterocycles. The number of hydrogen-bond donors (Lipinski definition) is 1. The van der Waals surface area contributed by atoms with Crippen LogP contribution in [0, 0.1) is 5.92 Å². The number of fused-ring (bicyclic) bond motifs is 2. The summed E-state index contributed by atoms with van der Waals surface area (Å²) < 4.78 is 28.2. The molecule has 5 rings (SSSR count). The minimum Gasteiger partial charge on any atom is -0.387 e. The van der Waals surface area contributed by atoms with E-state index in [2.05, 4.69) is 23.9 Å². The van der Waals surface area contributed by atoms with Gasteiger partial charge in [0.15, 0.2) is 5.65 Å². The Bertz CT molecular complexity index is 1210. The second-order valence-corrected chi connectivity index (χ2v) is 9.09. The molecule has 0 saturated heterocycles. The van der Waals surface area contributed by atoms with E-state index in [0.717, 1.165) is 32.5 Å². The summed E-state index contributed by atoms with van der Waals surface area (Å²) in [6.45, 7) is 4.12. The summed E-state index contributed by atoms with van der Waals surface area (Å²) >= 11 is 1.36. The molecule has 8 heteroatoms. The summed E-state index contributed by atoms with van der Waals surface area (Å²) in [5.74, 6) is -3.02. The van der Waals surface area contributed by atoms with Crippen molar-refractivity contribution in [2.45, 2.75) is 44.8 Å². The molecule has 29 heavy (non-hydrogen) atoms. The monoisotopic (exact) mass is 414 g/mol. The van der Waals surface area contributed by atoms with Gasteiger partial charge in [0.2, 0.25) is 5.92 Å². The summed E-state index contributed by atoms with van der Waals surface area (Å²) in [6.07, 6.45) is 2.22. The molecule has 4 aromatic rings. The molecule has 0 radical (unpaired) electrons. The first-order chi connectivity index (χ1) is 13.8. The number of thiophene rings is 1. The van der Waals surface area contributed by atoms with Crippen LogP contribution in [0.15, 0.2) is 36.7 Å². The van der Waals surface area contributed by atoms with Crippen LogP contribution in [0.4, 0.5) is 8.78 Å². The lowest BCUT2D eigenvalue weighted by Gasteiger charge is -2.37. The Morgan fingerprint density at radius 1 is 1.17 bits per heavy atom. The van der Waals surface area contributed by atoms with Crippen molar-refractivity contribution >= 4 is 32.6 Å². The van der Waals surface area contributed by atoms with Gasteiger partial charge in [-0.05, 0) is 38.1 Å². The molecule has 4 aromatic heterocycles. The van der Waals surface area contributed by atoms with Crippen LogP contribution in [0.1, 0.15) is 43.7 Å². The summed E-state index contributed by atoms with van der Waals surface area (Å²) in [5, 5.41) is 16.7. The number of pyridine rings is 2. The number of aliphatic hydroxyl groups is 1. The van der Waals surface area contributed by atoms with Crippen LogP contribution in [0.3, 0.4) is 0 Å². The summed E-state index contributed by atoms with van der Waals surface area (Å²) in [4.78, 5) is 10.8. The molecule has 5 nitrogen and oxygen atoms in total. The fourth-order valence-corrected chi connectivity index (χ4v) is 4.98. The first-order valence-electron chi connectivity index (χ1n) is 9.61. The van der Waals surface area contributed by atoms with Crippen molar-refractivity contribution in [3.63, 3.8) is 0 Å². The molecule has 150 valence electrons. The SMILES string of the molecule is CC(C)n1ncc2cc(-c3ccc4cc([C@@H](O)C5CC(F)(F)C5)sc4n3)cnc21. The van der Waals surface area contributed by atoms with Gasteiger partial charge in [0.05, 0.1) is 18.0 Å². The predicted octanol–water partition coefficient (Wildman–Crippen LogP) is 5.37. The number of alkyl halides is 2. The van der Waals surface area contributed by atoms with Crippen molar-refractivity contribution in [1.82, 2.24) is 19.7 Å². The van der Waals surface area contributed by atoms with Gasteiger partial charge in [-0.25, -0.2) is 23.4 Å². The van der Waals surface area contributed by atoms with Gasteiger partial charge in [-0.3, -0.25) is 0 Å². The zero-order valence-corrected chi connectivity index (χ0v) is 16.8. The van der Waals surface area contributed by atoms with Crippen molar-refractivity contribution in [2.75, 3.05) is 0 Å². The third kappa shape index (κ3) is 3.20. The van der Waals surface area contributed by atoms with E-state index >= 15 is 0 Å². The lowest BCUT2D eigenvalue weighted by atomic mass is 9.77. The Kier molecular flexibility index (Phi) is 4.18. The molecule has 1 atom stereocenters. The molecular weight excluding hydrogens is 394 g/mol. The van der Waals surface area contributed by atoms with Gasteiger partial charge in [-0.15, -0.1) is 11.3 Å². The lowest BCUT2D eigenvalue weighted by Crippen LogP contribution is -2.38. The molecule has 0 aliphatic heterocycles. The number of aliphatic hydroxyl groups excluding tert-OH is 1. The minimum atomic E-state index is -2.64. The standard InChI is InChI=1S/C21H20F2N4OS/c1-11(2)27-19-14(10-25-27)5-13(9-24-19)16-4-3-12-6-17(29-20(12)26-16)18(28)15-7-21(22,23)8-15/h3-6,9-11,15,18,28H,7-8H2,1-2H3/t18-/m0/s1. The van der Waals surface area contributed by atoms with E-state index in [0.29, 0.717) is 4.88 Å². The quantitative estimate of drug-likeness (QED) is 0.488. The highest BCUT2D eigenvalue weighted by atomic mass is 32.1. The van der Waals surface area contributed by atoms with Crippen LogP contribution in [0.5, 0.6) is 0 Å². The maximum Gasteiger partial charge on any atom is 0.248 e. The Balaban J connectivity index is 1.46. The predicted molar refractivity (Wildman–Crippen MR) is 109 cm³/mol. The second-order valence-electron chi connectivity index (χ2n) is 8.03. The number of aromatic nitrogens is 4. The van der Waals surface area contributed by atoms with Crippen molar-refractivity contribution in [3.05, 3.63) is 41.5 Å². The molecule has 1 fully saturated rings. The number of hydrogen-bond acceptors (Lipinski definition) is 5. The first-order valence-corrected chi connectivity index (χ1v) is 10.4. The Morgan fingerprint density at radius 2 is 1.97 bits per heavy atom. The van der Waals surface area contributed by atoms with Gasteiger partial charge in [-0.2, -0.15) is 5.10 Å². The van der Waals surface area contributed by atoms with Gasteiger partial charge in [0, 0.05) is 52.2 Å². The topological polar surface area (TPSA) is 63.8 Å². The van der Waals surface area contributed by atoms with Crippen LogP contribution in [-0.2, 0) is 0 Å². The Labute approximate surface area is 170 Å². The molecule has 1 aliphatic carbocycles. The third-order valence-corrected chi connectivity index (χ3v) is 6.60. The number of rotatable bonds is 4. The van der Waals surface area contributed by atoms with Crippen LogP contribution in [0.2, 0.25) is 0 Å². The normalized spacial score (nSPS) is 17.9. The molecule has 1 aliphatic rings. The zero-order chi connectivity index (χ0) is 20.3. The van der Waals surface area contributed by atoms with Crippen molar-refractivity contribution in [2.24, 2.45) is 5.92 Å². The number of nitrogens with zero attached hydrogens (tertiary/aromatic N) is 4. The molecule has 1 saturated carbocycles. The molecule has 0 spiro atoms. The fourth-order valence-electron chi connectivity index (χ4n) is 3.86. The average Bonchev–Trinajstić information content (AvgIpc) is 3.28. The summed E-state index contributed by atoms with van der Waals surface area (Å²) in [5.41, 5.74) is 2.50. The van der Waals surface area contributed by atoms with Crippen LogP contribution in [-0.4, -0.2) is 30.8 Å². The van der Waals surface area contributed by atoms with E-state index in [4.69, 9.17) is 4.98 Å². The van der Waals surface area contributed by atoms with Crippen molar-refractivity contribution in [1.29, 1.82) is 0 Å². The highest BCUT2D eigenvalue weighted by Crippen LogP contribution is 2.49. The van der Waals surface area contributed by atoms with Crippen LogP contribution < -0.4 is 0 Å².